The van der Waals surface area contributed by atoms with E-state index in [1.165, 1.54) is 0 Å². The fourth-order valence-electron chi connectivity index (χ4n) is 2.55. The van der Waals surface area contributed by atoms with Crippen molar-refractivity contribution < 1.29 is 13.7 Å². The Bertz CT molecular complexity index is 1050. The van der Waals surface area contributed by atoms with Crippen molar-refractivity contribution in [3.63, 3.8) is 0 Å². The SMILES string of the molecule is Cc1ccc(NC(=O)c2cc(-c3ccco3)nc3onc(C)c23)nc1. The topological polar surface area (TPSA) is 94.1 Å². The molecule has 0 bridgehead atoms. The molecule has 0 saturated heterocycles. The maximum absolute atomic E-state index is 12.8. The first-order chi connectivity index (χ1) is 12.1. The smallest absolute Gasteiger partial charge is 0.259 e. The Kier molecular flexibility index (Phi) is 3.53. The zero-order valence-electron chi connectivity index (χ0n) is 13.6. The number of fused-ring (bicyclic) bond motifs is 1. The lowest BCUT2D eigenvalue weighted by molar-refractivity contribution is 0.102. The highest BCUT2D eigenvalue weighted by Crippen LogP contribution is 2.27. The van der Waals surface area contributed by atoms with E-state index in [4.69, 9.17) is 8.94 Å². The van der Waals surface area contributed by atoms with Crippen LogP contribution in [0.25, 0.3) is 22.6 Å². The Labute approximate surface area is 142 Å². The van der Waals surface area contributed by atoms with Crippen LogP contribution in [0.15, 0.2) is 51.7 Å². The van der Waals surface area contributed by atoms with Gasteiger partial charge in [-0.3, -0.25) is 4.79 Å². The van der Waals surface area contributed by atoms with Gasteiger partial charge in [0.15, 0.2) is 5.76 Å². The third-order valence-corrected chi connectivity index (χ3v) is 3.79. The molecular weight excluding hydrogens is 320 g/mol. The van der Waals surface area contributed by atoms with Crippen LogP contribution < -0.4 is 5.32 Å². The summed E-state index contributed by atoms with van der Waals surface area (Å²) in [6.07, 6.45) is 3.24. The second kappa shape index (κ2) is 5.86. The van der Waals surface area contributed by atoms with E-state index in [-0.39, 0.29) is 11.6 Å². The molecule has 4 aromatic heterocycles. The van der Waals surface area contributed by atoms with E-state index in [0.717, 1.165) is 5.56 Å². The summed E-state index contributed by atoms with van der Waals surface area (Å²) in [7, 11) is 0. The lowest BCUT2D eigenvalue weighted by Gasteiger charge is -2.07. The normalized spacial score (nSPS) is 11.0. The zero-order valence-corrected chi connectivity index (χ0v) is 13.6. The molecule has 4 heterocycles. The number of nitrogens with one attached hydrogen (secondary N) is 1. The van der Waals surface area contributed by atoms with Crippen LogP contribution >= 0.6 is 0 Å². The van der Waals surface area contributed by atoms with Crippen molar-refractivity contribution in [1.29, 1.82) is 0 Å². The molecule has 1 N–H and O–H groups in total. The fraction of sp³-hybridized carbons (Fsp3) is 0.111. The first kappa shape index (κ1) is 15.1. The van der Waals surface area contributed by atoms with Gasteiger partial charge in [-0.2, -0.15) is 0 Å². The highest BCUT2D eigenvalue weighted by Gasteiger charge is 2.20. The number of nitrogens with zero attached hydrogens (tertiary/aromatic N) is 3. The number of carbonyl (C=O) groups is 1. The second-order valence-corrected chi connectivity index (χ2v) is 5.66. The van der Waals surface area contributed by atoms with Crippen molar-refractivity contribution in [2.45, 2.75) is 13.8 Å². The van der Waals surface area contributed by atoms with Gasteiger partial charge in [-0.05, 0) is 43.7 Å². The number of hydrogen-bond donors (Lipinski definition) is 1. The Morgan fingerprint density at radius 1 is 1.20 bits per heavy atom. The maximum Gasteiger partial charge on any atom is 0.259 e. The fourth-order valence-corrected chi connectivity index (χ4v) is 2.55. The van der Waals surface area contributed by atoms with E-state index in [2.05, 4.69) is 20.4 Å². The molecular formula is C18H14N4O3. The molecule has 0 atom stereocenters. The van der Waals surface area contributed by atoms with Crippen molar-refractivity contribution in [3.05, 3.63) is 59.6 Å². The summed E-state index contributed by atoms with van der Waals surface area (Å²) in [5, 5.41) is 7.27. The van der Waals surface area contributed by atoms with Gasteiger partial charge in [0.1, 0.15) is 11.5 Å². The Morgan fingerprint density at radius 2 is 2.08 bits per heavy atom. The van der Waals surface area contributed by atoms with Gasteiger partial charge in [0, 0.05) is 6.20 Å². The summed E-state index contributed by atoms with van der Waals surface area (Å²) < 4.78 is 10.6. The van der Waals surface area contributed by atoms with Crippen LogP contribution in [0.3, 0.4) is 0 Å². The molecule has 7 nitrogen and oxygen atoms in total. The zero-order chi connectivity index (χ0) is 17.4. The number of aromatic nitrogens is 3. The van der Waals surface area contributed by atoms with Gasteiger partial charge in [0.25, 0.3) is 11.6 Å². The van der Waals surface area contributed by atoms with Crippen LogP contribution in [-0.4, -0.2) is 21.0 Å². The van der Waals surface area contributed by atoms with E-state index >= 15 is 0 Å². The molecule has 124 valence electrons. The largest absolute Gasteiger partial charge is 0.463 e. The van der Waals surface area contributed by atoms with Crippen molar-refractivity contribution >= 4 is 22.8 Å². The van der Waals surface area contributed by atoms with Gasteiger partial charge in [-0.15, -0.1) is 0 Å². The Hall–Kier alpha value is -3.48. The average Bonchev–Trinajstić information content (AvgIpc) is 3.26. The average molecular weight is 334 g/mol. The summed E-state index contributed by atoms with van der Waals surface area (Å²) >= 11 is 0. The molecule has 0 unspecified atom stereocenters. The van der Waals surface area contributed by atoms with Gasteiger partial charge >= 0.3 is 0 Å². The molecule has 25 heavy (non-hydrogen) atoms. The van der Waals surface area contributed by atoms with Crippen LogP contribution in [0.5, 0.6) is 0 Å². The second-order valence-electron chi connectivity index (χ2n) is 5.66. The monoisotopic (exact) mass is 334 g/mol. The number of rotatable bonds is 3. The van der Waals surface area contributed by atoms with Crippen molar-refractivity contribution in [1.82, 2.24) is 15.1 Å². The molecule has 4 aromatic rings. The summed E-state index contributed by atoms with van der Waals surface area (Å²) in [5.41, 5.74) is 2.79. The molecule has 0 fully saturated rings. The first-order valence-corrected chi connectivity index (χ1v) is 7.67. The van der Waals surface area contributed by atoms with Crippen LogP contribution in [0.2, 0.25) is 0 Å². The van der Waals surface area contributed by atoms with Gasteiger partial charge in [0.05, 0.1) is 22.9 Å². The third kappa shape index (κ3) is 2.76. The predicted octanol–water partition coefficient (Wildman–Crippen LogP) is 3.75. The molecule has 1 amide bonds. The van der Waals surface area contributed by atoms with E-state index < -0.39 is 0 Å². The first-order valence-electron chi connectivity index (χ1n) is 7.67. The van der Waals surface area contributed by atoms with Crippen molar-refractivity contribution in [2.75, 3.05) is 5.32 Å². The number of anilines is 1. The number of pyridine rings is 2. The van der Waals surface area contributed by atoms with E-state index in [1.807, 2.05) is 13.0 Å². The lowest BCUT2D eigenvalue weighted by Crippen LogP contribution is -2.14. The van der Waals surface area contributed by atoms with Gasteiger partial charge < -0.3 is 14.3 Å². The number of furan rings is 1. The quantitative estimate of drug-likeness (QED) is 0.613. The van der Waals surface area contributed by atoms with E-state index in [9.17, 15) is 4.79 Å². The molecule has 0 aliphatic carbocycles. The number of carbonyl (C=O) groups excluding carboxylic acids is 1. The van der Waals surface area contributed by atoms with E-state index in [1.54, 1.807) is 43.6 Å². The molecule has 0 aliphatic rings. The molecule has 4 rings (SSSR count). The Morgan fingerprint density at radius 3 is 2.80 bits per heavy atom. The summed E-state index contributed by atoms with van der Waals surface area (Å²) in [6.45, 7) is 3.70. The number of amides is 1. The maximum atomic E-state index is 12.8. The third-order valence-electron chi connectivity index (χ3n) is 3.79. The molecule has 0 spiro atoms. The van der Waals surface area contributed by atoms with Crippen LogP contribution in [0.4, 0.5) is 5.82 Å². The number of hydrogen-bond acceptors (Lipinski definition) is 6. The van der Waals surface area contributed by atoms with Gasteiger partial charge in [-0.1, -0.05) is 11.2 Å². The minimum absolute atomic E-state index is 0.286. The summed E-state index contributed by atoms with van der Waals surface area (Å²) in [5.74, 6) is 0.690. The highest BCUT2D eigenvalue weighted by atomic mass is 16.5. The van der Waals surface area contributed by atoms with Gasteiger partial charge in [-0.25, -0.2) is 9.97 Å². The van der Waals surface area contributed by atoms with Crippen molar-refractivity contribution in [2.24, 2.45) is 0 Å². The van der Waals surface area contributed by atoms with Crippen molar-refractivity contribution in [3.8, 4) is 11.5 Å². The minimum atomic E-state index is -0.317. The summed E-state index contributed by atoms with van der Waals surface area (Å²) in [6, 6.07) is 8.81. The van der Waals surface area contributed by atoms with Gasteiger partial charge in [0.2, 0.25) is 0 Å². The Balaban J connectivity index is 1.80. The number of aryl methyl sites for hydroxylation is 2. The molecule has 0 aromatic carbocycles. The predicted molar refractivity (Wildman–Crippen MR) is 91.2 cm³/mol. The molecule has 0 aliphatic heterocycles. The highest BCUT2D eigenvalue weighted by molar-refractivity contribution is 6.12. The van der Waals surface area contributed by atoms with Crippen LogP contribution in [-0.2, 0) is 0 Å². The molecule has 0 radical (unpaired) electrons. The van der Waals surface area contributed by atoms with Crippen LogP contribution in [0.1, 0.15) is 21.6 Å². The standard InChI is InChI=1S/C18H14N4O3/c1-10-5-6-15(19-9-10)21-17(23)12-8-13(14-4-3-7-24-14)20-18-16(12)11(2)22-25-18/h3-9H,1-2H3,(H,19,21,23). The van der Waals surface area contributed by atoms with Crippen LogP contribution in [0, 0.1) is 13.8 Å². The molecule has 7 heteroatoms. The van der Waals surface area contributed by atoms with E-state index in [0.29, 0.717) is 33.9 Å². The summed E-state index contributed by atoms with van der Waals surface area (Å²) in [4.78, 5) is 21.4. The lowest BCUT2D eigenvalue weighted by atomic mass is 10.1. The minimum Gasteiger partial charge on any atom is -0.463 e. The molecule has 0 saturated carbocycles.